The van der Waals surface area contributed by atoms with Gasteiger partial charge in [-0.3, -0.25) is 9.69 Å². The Morgan fingerprint density at radius 3 is 2.81 bits per heavy atom. The summed E-state index contributed by atoms with van der Waals surface area (Å²) in [6.07, 6.45) is 2.65. The fourth-order valence-corrected chi connectivity index (χ4v) is 4.89. The third-order valence-corrected chi connectivity index (χ3v) is 6.53. The number of nitrogens with one attached hydrogen (secondary N) is 1. The van der Waals surface area contributed by atoms with Gasteiger partial charge in [0.15, 0.2) is 0 Å². The number of hydrogen-bond donors (Lipinski definition) is 1. The number of ether oxygens (including phenoxy) is 1. The van der Waals surface area contributed by atoms with Crippen molar-refractivity contribution in [2.45, 2.75) is 45.7 Å². The summed E-state index contributed by atoms with van der Waals surface area (Å²) in [4.78, 5) is 19.7. The average Bonchev–Trinajstić information content (AvgIpc) is 3.40. The van der Waals surface area contributed by atoms with Gasteiger partial charge in [0, 0.05) is 23.7 Å². The molecule has 1 atom stereocenters. The highest BCUT2D eigenvalue weighted by Gasteiger charge is 2.26. The largest absolute Gasteiger partial charge is 0.494 e. The third kappa shape index (κ3) is 5.51. The lowest BCUT2D eigenvalue weighted by Gasteiger charge is -2.24. The maximum absolute atomic E-state index is 12.4. The summed E-state index contributed by atoms with van der Waals surface area (Å²) in [5, 5.41) is 5.94. The Bertz CT molecular complexity index is 1020. The highest BCUT2D eigenvalue weighted by molar-refractivity contribution is 7.09. The molecule has 1 aliphatic rings. The van der Waals surface area contributed by atoms with Crippen molar-refractivity contribution >= 4 is 22.9 Å². The molecule has 1 unspecified atom stereocenters. The fraction of sp³-hybridized carbons (Fsp3) is 0.360. The van der Waals surface area contributed by atoms with Gasteiger partial charge in [-0.25, -0.2) is 4.98 Å². The van der Waals surface area contributed by atoms with Gasteiger partial charge in [-0.15, -0.1) is 11.3 Å². The summed E-state index contributed by atoms with van der Waals surface area (Å²) in [7, 11) is 0. The quantitative estimate of drug-likeness (QED) is 0.517. The molecule has 1 N–H and O–H groups in total. The van der Waals surface area contributed by atoms with E-state index in [1.807, 2.05) is 38.1 Å². The van der Waals surface area contributed by atoms with E-state index >= 15 is 0 Å². The molecule has 0 saturated carbocycles. The van der Waals surface area contributed by atoms with Crippen molar-refractivity contribution in [2.75, 3.05) is 18.5 Å². The number of likely N-dealkylation sites (tertiary alicyclic amines) is 1. The van der Waals surface area contributed by atoms with Crippen molar-refractivity contribution < 1.29 is 9.53 Å². The van der Waals surface area contributed by atoms with Crippen molar-refractivity contribution in [2.24, 2.45) is 0 Å². The lowest BCUT2D eigenvalue weighted by Crippen LogP contribution is -2.23. The van der Waals surface area contributed by atoms with Gasteiger partial charge < -0.3 is 10.1 Å². The third-order valence-electron chi connectivity index (χ3n) is 5.63. The van der Waals surface area contributed by atoms with Crippen LogP contribution in [-0.2, 0) is 17.8 Å². The van der Waals surface area contributed by atoms with E-state index in [4.69, 9.17) is 9.72 Å². The Morgan fingerprint density at radius 1 is 1.23 bits per heavy atom. The predicted octanol–water partition coefficient (Wildman–Crippen LogP) is 5.37. The van der Waals surface area contributed by atoms with Crippen LogP contribution in [0.25, 0.3) is 0 Å². The Hall–Kier alpha value is -2.70. The average molecular weight is 436 g/mol. The molecule has 0 aliphatic carbocycles. The van der Waals surface area contributed by atoms with Gasteiger partial charge in [-0.2, -0.15) is 0 Å². The molecule has 1 amide bonds. The molecule has 0 radical (unpaired) electrons. The van der Waals surface area contributed by atoms with Crippen LogP contribution in [0.3, 0.4) is 0 Å². The molecule has 1 aromatic heterocycles. The number of rotatable bonds is 8. The van der Waals surface area contributed by atoms with Crippen molar-refractivity contribution in [1.82, 2.24) is 9.88 Å². The second kappa shape index (κ2) is 10.1. The number of nitrogens with zero attached hydrogens (tertiary/aromatic N) is 2. The van der Waals surface area contributed by atoms with Crippen LogP contribution in [0.15, 0.2) is 53.9 Å². The van der Waals surface area contributed by atoms with Crippen LogP contribution >= 0.6 is 11.3 Å². The molecule has 4 rings (SSSR count). The molecule has 1 aliphatic heterocycles. The summed E-state index contributed by atoms with van der Waals surface area (Å²) >= 11 is 1.57. The number of thiazole rings is 1. The van der Waals surface area contributed by atoms with E-state index < -0.39 is 0 Å². The molecule has 162 valence electrons. The van der Waals surface area contributed by atoms with Crippen LogP contribution in [-0.4, -0.2) is 28.9 Å². The Kier molecular flexibility index (Phi) is 6.99. The minimum Gasteiger partial charge on any atom is -0.494 e. The molecule has 6 heteroatoms. The Labute approximate surface area is 188 Å². The van der Waals surface area contributed by atoms with Crippen molar-refractivity contribution in [3.05, 3.63) is 75.7 Å². The number of carbonyl (C=O) groups excluding carboxylic acids is 1. The monoisotopic (exact) mass is 435 g/mol. The van der Waals surface area contributed by atoms with Crippen LogP contribution < -0.4 is 10.1 Å². The van der Waals surface area contributed by atoms with Gasteiger partial charge in [0.1, 0.15) is 10.8 Å². The predicted molar refractivity (Wildman–Crippen MR) is 126 cm³/mol. The number of benzene rings is 2. The van der Waals surface area contributed by atoms with Gasteiger partial charge in [-0.05, 0) is 62.6 Å². The van der Waals surface area contributed by atoms with E-state index in [0.717, 1.165) is 47.2 Å². The summed E-state index contributed by atoms with van der Waals surface area (Å²) in [6, 6.07) is 16.7. The van der Waals surface area contributed by atoms with Crippen molar-refractivity contribution in [1.29, 1.82) is 0 Å². The summed E-state index contributed by atoms with van der Waals surface area (Å²) < 4.78 is 5.57. The number of amides is 1. The molecule has 0 bridgehead atoms. The van der Waals surface area contributed by atoms with Gasteiger partial charge in [0.2, 0.25) is 5.91 Å². The normalized spacial score (nSPS) is 16.4. The molecule has 31 heavy (non-hydrogen) atoms. The maximum Gasteiger partial charge on any atom is 0.231 e. The topological polar surface area (TPSA) is 54.5 Å². The molecule has 0 spiro atoms. The molecule has 5 nitrogen and oxygen atoms in total. The maximum atomic E-state index is 12.4. The van der Waals surface area contributed by atoms with E-state index in [0.29, 0.717) is 19.1 Å². The van der Waals surface area contributed by atoms with Gasteiger partial charge in [0.25, 0.3) is 0 Å². The molecular formula is C25H29N3O2S. The minimum atomic E-state index is -0.0244. The molecule has 2 heterocycles. The fourth-order valence-electron chi connectivity index (χ4n) is 4.10. The smallest absolute Gasteiger partial charge is 0.231 e. The second-order valence-electron chi connectivity index (χ2n) is 7.90. The number of hydrogen-bond acceptors (Lipinski definition) is 5. The first kappa shape index (κ1) is 21.5. The molecule has 3 aromatic rings. The first-order valence-electron chi connectivity index (χ1n) is 10.9. The standard InChI is InChI=1S/C25H29N3O2S/c1-3-30-21-12-10-19(11-13-21)23-9-6-14-28(23)16-20-17-31-25(26-20)15-24(29)27-22-8-5-4-7-18(22)2/h4-5,7-8,10-13,17,23H,3,6,9,14-16H2,1-2H3,(H,27,29). The van der Waals surface area contributed by atoms with Crippen LogP contribution in [0.1, 0.15) is 47.6 Å². The van der Waals surface area contributed by atoms with Crippen LogP contribution in [0.4, 0.5) is 5.69 Å². The van der Waals surface area contributed by atoms with E-state index in [2.05, 4.69) is 39.9 Å². The highest BCUT2D eigenvalue weighted by Crippen LogP contribution is 2.34. The Balaban J connectivity index is 1.35. The zero-order valence-corrected chi connectivity index (χ0v) is 19.0. The van der Waals surface area contributed by atoms with Crippen LogP contribution in [0.5, 0.6) is 5.75 Å². The van der Waals surface area contributed by atoms with Gasteiger partial charge >= 0.3 is 0 Å². The number of aryl methyl sites for hydroxylation is 1. The first-order chi connectivity index (χ1) is 15.1. The van der Waals surface area contributed by atoms with Gasteiger partial charge in [-0.1, -0.05) is 30.3 Å². The van der Waals surface area contributed by atoms with E-state index in [9.17, 15) is 4.79 Å². The van der Waals surface area contributed by atoms with E-state index in [1.54, 1.807) is 11.3 Å². The van der Waals surface area contributed by atoms with E-state index in [1.165, 1.54) is 12.0 Å². The lowest BCUT2D eigenvalue weighted by atomic mass is 10.0. The van der Waals surface area contributed by atoms with Crippen LogP contribution in [0.2, 0.25) is 0 Å². The SMILES string of the molecule is CCOc1ccc(C2CCCN2Cc2csc(CC(=O)Nc3ccccc3C)n2)cc1. The van der Waals surface area contributed by atoms with Crippen molar-refractivity contribution in [3.8, 4) is 5.75 Å². The van der Waals surface area contributed by atoms with Gasteiger partial charge in [0.05, 0.1) is 18.7 Å². The molecule has 1 fully saturated rings. The second-order valence-corrected chi connectivity index (χ2v) is 8.85. The summed E-state index contributed by atoms with van der Waals surface area (Å²) in [6.45, 7) is 6.56. The number of para-hydroxylation sites is 1. The number of anilines is 1. The number of carbonyl (C=O) groups is 1. The number of aromatic nitrogens is 1. The highest BCUT2D eigenvalue weighted by atomic mass is 32.1. The summed E-state index contributed by atoms with van der Waals surface area (Å²) in [5.41, 5.74) is 4.29. The zero-order valence-electron chi connectivity index (χ0n) is 18.1. The lowest BCUT2D eigenvalue weighted by molar-refractivity contribution is -0.115. The molecule has 2 aromatic carbocycles. The molecular weight excluding hydrogens is 406 g/mol. The zero-order chi connectivity index (χ0) is 21.6. The van der Waals surface area contributed by atoms with Crippen molar-refractivity contribution in [3.63, 3.8) is 0 Å². The van der Waals surface area contributed by atoms with Crippen LogP contribution in [0, 0.1) is 6.92 Å². The Morgan fingerprint density at radius 2 is 2.03 bits per heavy atom. The van der Waals surface area contributed by atoms with E-state index in [-0.39, 0.29) is 5.91 Å². The first-order valence-corrected chi connectivity index (χ1v) is 11.8. The minimum absolute atomic E-state index is 0.0244. The molecule has 1 saturated heterocycles. The summed E-state index contributed by atoms with van der Waals surface area (Å²) in [5.74, 6) is 0.896.